The number of methoxy groups -OCH3 is 1. The zero-order chi connectivity index (χ0) is 29.3. The highest BCUT2D eigenvalue weighted by molar-refractivity contribution is 6.12. The number of likely N-dealkylation sites (N-methyl/N-ethyl adjacent to an activating group) is 1. The summed E-state index contributed by atoms with van der Waals surface area (Å²) >= 11 is 0. The van der Waals surface area contributed by atoms with Gasteiger partial charge in [-0.05, 0) is 25.8 Å². The van der Waals surface area contributed by atoms with E-state index in [4.69, 9.17) is 18.9 Å². The van der Waals surface area contributed by atoms with Crippen molar-refractivity contribution >= 4 is 23.9 Å². The predicted molar refractivity (Wildman–Crippen MR) is 144 cm³/mol. The van der Waals surface area contributed by atoms with Crippen LogP contribution < -0.4 is 0 Å². The third-order valence-corrected chi connectivity index (χ3v) is 8.01. The number of cyclic esters (lactones) is 1. The van der Waals surface area contributed by atoms with Gasteiger partial charge in [-0.25, -0.2) is 4.79 Å². The molecule has 40 heavy (non-hydrogen) atoms. The Hall–Kier alpha value is -2.80. The number of aliphatic hydroxyl groups is 1. The van der Waals surface area contributed by atoms with Crippen LogP contribution in [0.4, 0.5) is 4.79 Å². The Balaban J connectivity index is 1.50. The van der Waals surface area contributed by atoms with Crippen LogP contribution in [0, 0.1) is 5.92 Å². The number of esters is 1. The normalized spacial score (nSPS) is 30.4. The van der Waals surface area contributed by atoms with Crippen LogP contribution in [0.5, 0.6) is 0 Å². The number of rotatable bonds is 8. The molecule has 12 nitrogen and oxygen atoms in total. The number of quaternary nitrogens is 1. The number of carbonyl (C=O) groups excluding carboxylic acids is 4. The van der Waals surface area contributed by atoms with Crippen LogP contribution in [0.2, 0.25) is 0 Å². The second kappa shape index (κ2) is 14.2. The van der Waals surface area contributed by atoms with Crippen molar-refractivity contribution in [3.05, 3.63) is 24.3 Å². The first-order chi connectivity index (χ1) is 18.9. The van der Waals surface area contributed by atoms with Crippen LogP contribution >= 0.6 is 0 Å². The van der Waals surface area contributed by atoms with Crippen molar-refractivity contribution in [2.24, 2.45) is 5.92 Å². The van der Waals surface area contributed by atoms with E-state index in [1.165, 1.54) is 12.2 Å². The molecule has 0 radical (unpaired) electrons. The molecule has 0 aromatic carbocycles. The van der Waals surface area contributed by atoms with Gasteiger partial charge < -0.3 is 28.5 Å². The molecule has 3 rings (SSSR count). The van der Waals surface area contributed by atoms with Crippen LogP contribution in [-0.2, 0) is 33.3 Å². The number of piperazine rings is 1. The highest BCUT2D eigenvalue weighted by Crippen LogP contribution is 2.28. The zero-order valence-electron chi connectivity index (χ0n) is 24.1. The molecule has 12 heteroatoms. The Morgan fingerprint density at radius 2 is 1.82 bits per heavy atom. The van der Waals surface area contributed by atoms with Crippen molar-refractivity contribution in [3.63, 3.8) is 0 Å². The van der Waals surface area contributed by atoms with Gasteiger partial charge in [-0.1, -0.05) is 13.0 Å². The van der Waals surface area contributed by atoms with Gasteiger partial charge in [-0.2, -0.15) is 0 Å². The molecule has 1 fully saturated rings. The summed E-state index contributed by atoms with van der Waals surface area (Å²) in [6.45, 7) is 8.11. The topological polar surface area (TPSA) is 132 Å². The minimum atomic E-state index is -0.895. The molecule has 1 saturated heterocycles. The van der Waals surface area contributed by atoms with Crippen LogP contribution in [-0.4, -0.2) is 134 Å². The first kappa shape index (κ1) is 31.7. The van der Waals surface area contributed by atoms with E-state index in [0.717, 1.165) is 29.0 Å². The van der Waals surface area contributed by atoms with Crippen molar-refractivity contribution in [2.45, 2.75) is 50.9 Å². The molecule has 3 aliphatic rings. The number of amides is 3. The molecule has 3 heterocycles. The maximum Gasteiger partial charge on any atom is 0.410 e. The number of imide groups is 1. The van der Waals surface area contributed by atoms with Gasteiger partial charge in [0.2, 0.25) is 0 Å². The molecule has 0 aromatic rings. The van der Waals surface area contributed by atoms with Crippen molar-refractivity contribution < 1.29 is 47.7 Å². The van der Waals surface area contributed by atoms with E-state index in [-0.39, 0.29) is 43.9 Å². The molecule has 1 N–H and O–H groups in total. The van der Waals surface area contributed by atoms with Crippen LogP contribution in [0.1, 0.15) is 33.1 Å². The van der Waals surface area contributed by atoms with E-state index < -0.39 is 29.9 Å². The van der Waals surface area contributed by atoms with Crippen LogP contribution in [0.25, 0.3) is 0 Å². The summed E-state index contributed by atoms with van der Waals surface area (Å²) in [4.78, 5) is 51.2. The number of carbonyl (C=O) groups is 4. The third kappa shape index (κ3) is 8.85. The van der Waals surface area contributed by atoms with Gasteiger partial charge >= 0.3 is 12.1 Å². The minimum Gasteiger partial charge on any atom is -0.465 e. The predicted octanol–water partition coefficient (Wildman–Crippen LogP) is 0.881. The fourth-order valence-electron chi connectivity index (χ4n) is 4.84. The van der Waals surface area contributed by atoms with Crippen LogP contribution in [0.15, 0.2) is 24.3 Å². The first-order valence-electron chi connectivity index (χ1n) is 13.9. The van der Waals surface area contributed by atoms with Crippen molar-refractivity contribution in [2.75, 3.05) is 73.2 Å². The third-order valence-electron chi connectivity index (χ3n) is 8.01. The Kier molecular flexibility index (Phi) is 11.3. The summed E-state index contributed by atoms with van der Waals surface area (Å²) < 4.78 is 23.4. The summed E-state index contributed by atoms with van der Waals surface area (Å²) in [6.07, 6.45) is 4.74. The highest BCUT2D eigenvalue weighted by Gasteiger charge is 2.39. The molecule has 3 aliphatic heterocycles. The quantitative estimate of drug-likeness (QED) is 0.150. The molecule has 0 unspecified atom stereocenters. The zero-order valence-corrected chi connectivity index (χ0v) is 24.1. The van der Waals surface area contributed by atoms with Crippen molar-refractivity contribution in [1.82, 2.24) is 9.80 Å². The van der Waals surface area contributed by atoms with Gasteiger partial charge in [0.1, 0.15) is 12.1 Å². The Morgan fingerprint density at radius 1 is 1.15 bits per heavy atom. The lowest BCUT2D eigenvalue weighted by Crippen LogP contribution is -2.60. The molecule has 0 aromatic heterocycles. The van der Waals surface area contributed by atoms with Crippen LogP contribution in [0.3, 0.4) is 0 Å². The summed E-state index contributed by atoms with van der Waals surface area (Å²) in [5, 5.41) is 10.3. The molecule has 3 amide bonds. The SMILES string of the molecule is CO[C@]1(C)CC[C@@H](O)CC(=O)OC[C@@H](C)/C=C/[C@@H]1OC(=O)N1CC[N+](C)(CCOCCN2C(=O)C=CC2=O)CC1. The lowest BCUT2D eigenvalue weighted by molar-refractivity contribution is -0.913. The second-order valence-electron chi connectivity index (χ2n) is 11.3. The molecule has 224 valence electrons. The van der Waals surface area contributed by atoms with Gasteiger partial charge in [-0.3, -0.25) is 24.2 Å². The standard InChI is InChI=1S/C28H44N3O9/c1-21-5-6-23(28(2,37-4)10-9-22(32)19-26(35)39-20-21)40-27(36)29-11-14-31(3,15-12-29)16-18-38-17-13-30-24(33)7-8-25(30)34/h5-8,21-23,32H,9-20H2,1-4H3/q+1/b6-5+/t21-,22+,23-,28+/m0/s1. The fourth-order valence-corrected chi connectivity index (χ4v) is 4.84. The molecule has 0 saturated carbocycles. The molecule has 4 atom stereocenters. The van der Waals surface area contributed by atoms with Crippen molar-refractivity contribution in [3.8, 4) is 0 Å². The molecule has 0 aliphatic carbocycles. The average molecular weight is 567 g/mol. The average Bonchev–Trinajstić information content (AvgIpc) is 3.24. The molecular formula is C28H44N3O9+. The number of hydrogen-bond donors (Lipinski definition) is 1. The Morgan fingerprint density at radius 3 is 2.48 bits per heavy atom. The number of nitrogens with zero attached hydrogens (tertiary/aromatic N) is 3. The number of aliphatic hydroxyl groups excluding tert-OH is 1. The second-order valence-corrected chi connectivity index (χ2v) is 11.3. The Bertz CT molecular complexity index is 958. The van der Waals surface area contributed by atoms with E-state index in [1.807, 2.05) is 19.9 Å². The number of ether oxygens (including phenoxy) is 4. The first-order valence-corrected chi connectivity index (χ1v) is 13.9. The fraction of sp³-hybridized carbons (Fsp3) is 0.714. The molecule has 0 bridgehead atoms. The number of hydrogen-bond acceptors (Lipinski definition) is 9. The van der Waals surface area contributed by atoms with Gasteiger partial charge in [0.15, 0.2) is 6.10 Å². The maximum absolute atomic E-state index is 13.2. The molecular weight excluding hydrogens is 522 g/mol. The lowest BCUT2D eigenvalue weighted by Gasteiger charge is -2.42. The minimum absolute atomic E-state index is 0.0915. The van der Waals surface area contributed by atoms with E-state index in [9.17, 15) is 24.3 Å². The summed E-state index contributed by atoms with van der Waals surface area (Å²) in [7, 11) is 3.66. The smallest absolute Gasteiger partial charge is 0.410 e. The van der Waals surface area contributed by atoms with Gasteiger partial charge in [0.25, 0.3) is 11.8 Å². The highest BCUT2D eigenvalue weighted by atomic mass is 16.6. The van der Waals surface area contributed by atoms with Gasteiger partial charge in [-0.15, -0.1) is 0 Å². The van der Waals surface area contributed by atoms with E-state index in [0.29, 0.717) is 32.5 Å². The monoisotopic (exact) mass is 566 g/mol. The maximum atomic E-state index is 13.2. The summed E-state index contributed by atoms with van der Waals surface area (Å²) in [5.74, 6) is -1.17. The largest absolute Gasteiger partial charge is 0.465 e. The Labute approximate surface area is 236 Å². The lowest BCUT2D eigenvalue weighted by atomic mass is 9.89. The summed E-state index contributed by atoms with van der Waals surface area (Å²) in [6, 6.07) is 0. The van der Waals surface area contributed by atoms with E-state index >= 15 is 0 Å². The van der Waals surface area contributed by atoms with E-state index in [2.05, 4.69) is 7.05 Å². The summed E-state index contributed by atoms with van der Waals surface area (Å²) in [5.41, 5.74) is -0.895. The van der Waals surface area contributed by atoms with E-state index in [1.54, 1.807) is 18.1 Å². The van der Waals surface area contributed by atoms with Gasteiger partial charge in [0.05, 0.1) is 72.1 Å². The van der Waals surface area contributed by atoms with Crippen molar-refractivity contribution in [1.29, 1.82) is 0 Å². The molecule has 0 spiro atoms. The van der Waals surface area contributed by atoms with Gasteiger partial charge in [0, 0.05) is 25.2 Å².